The summed E-state index contributed by atoms with van der Waals surface area (Å²) in [6.07, 6.45) is 2.84. The maximum absolute atomic E-state index is 12.5. The Morgan fingerprint density at radius 3 is 2.95 bits per heavy atom. The van der Waals surface area contributed by atoms with Crippen LogP contribution in [0.1, 0.15) is 30.1 Å². The van der Waals surface area contributed by atoms with Gasteiger partial charge in [-0.1, -0.05) is 23.2 Å². The van der Waals surface area contributed by atoms with Gasteiger partial charge in [0.25, 0.3) is 5.91 Å². The van der Waals surface area contributed by atoms with Crippen molar-refractivity contribution in [1.82, 2.24) is 9.88 Å². The molecule has 1 aliphatic rings. The highest BCUT2D eigenvalue weighted by Crippen LogP contribution is 2.24. The maximum Gasteiger partial charge on any atom is 0.310 e. The number of carbonyl (C=O) groups is 2. The van der Waals surface area contributed by atoms with Crippen LogP contribution in [0.3, 0.4) is 0 Å². The van der Waals surface area contributed by atoms with Crippen molar-refractivity contribution in [3.05, 3.63) is 28.0 Å². The Labute approximate surface area is 133 Å². The van der Waals surface area contributed by atoms with Crippen molar-refractivity contribution < 1.29 is 14.3 Å². The largest absolute Gasteiger partial charge is 0.466 e. The molecule has 0 N–H and O–H groups in total. The average Bonchev–Trinajstić information content (AvgIpc) is 2.49. The van der Waals surface area contributed by atoms with Gasteiger partial charge in [-0.3, -0.25) is 9.59 Å². The number of nitrogens with zero attached hydrogens (tertiary/aromatic N) is 2. The molecule has 0 aliphatic carbocycles. The molecule has 0 spiro atoms. The molecule has 114 valence electrons. The monoisotopic (exact) mass is 330 g/mol. The first-order valence-electron chi connectivity index (χ1n) is 6.80. The van der Waals surface area contributed by atoms with Crippen molar-refractivity contribution in [3.63, 3.8) is 0 Å². The molecule has 7 heteroatoms. The van der Waals surface area contributed by atoms with Crippen molar-refractivity contribution in [2.45, 2.75) is 19.8 Å². The molecule has 2 heterocycles. The van der Waals surface area contributed by atoms with Crippen LogP contribution in [0.2, 0.25) is 10.2 Å². The van der Waals surface area contributed by atoms with Gasteiger partial charge < -0.3 is 9.64 Å². The highest BCUT2D eigenvalue weighted by Gasteiger charge is 2.30. The van der Waals surface area contributed by atoms with Crippen LogP contribution in [0.15, 0.2) is 12.3 Å². The summed E-state index contributed by atoms with van der Waals surface area (Å²) in [5, 5.41) is 0.462. The second-order valence-corrected chi connectivity index (χ2v) is 5.62. The van der Waals surface area contributed by atoms with Gasteiger partial charge in [-0.15, -0.1) is 0 Å². The lowest BCUT2D eigenvalue weighted by molar-refractivity contribution is -0.149. The molecule has 1 fully saturated rings. The molecule has 0 aromatic carbocycles. The normalized spacial score (nSPS) is 18.4. The molecule has 0 saturated carbocycles. The zero-order valence-corrected chi connectivity index (χ0v) is 13.2. The van der Waals surface area contributed by atoms with Gasteiger partial charge in [0.05, 0.1) is 23.1 Å². The van der Waals surface area contributed by atoms with Crippen LogP contribution in [-0.4, -0.2) is 41.5 Å². The third kappa shape index (κ3) is 3.86. The van der Waals surface area contributed by atoms with E-state index in [1.165, 1.54) is 12.3 Å². The minimum absolute atomic E-state index is 0.210. The van der Waals surface area contributed by atoms with Crippen molar-refractivity contribution in [3.8, 4) is 0 Å². The van der Waals surface area contributed by atoms with Crippen molar-refractivity contribution in [2.24, 2.45) is 5.92 Å². The minimum Gasteiger partial charge on any atom is -0.466 e. The summed E-state index contributed by atoms with van der Waals surface area (Å²) < 4.78 is 5.02. The summed E-state index contributed by atoms with van der Waals surface area (Å²) in [4.78, 5) is 29.7. The Bertz CT molecular complexity index is 551. The first kappa shape index (κ1) is 16.0. The number of likely N-dealkylation sites (tertiary alicyclic amines) is 1. The van der Waals surface area contributed by atoms with E-state index in [1.54, 1.807) is 11.8 Å². The Hall–Kier alpha value is -1.33. The number of rotatable bonds is 3. The smallest absolute Gasteiger partial charge is 0.310 e. The van der Waals surface area contributed by atoms with Crippen LogP contribution in [-0.2, 0) is 9.53 Å². The number of ether oxygens (including phenoxy) is 1. The lowest BCUT2D eigenvalue weighted by Crippen LogP contribution is -2.42. The fraction of sp³-hybridized carbons (Fsp3) is 0.500. The van der Waals surface area contributed by atoms with Crippen LogP contribution in [0.4, 0.5) is 0 Å². The molecule has 1 aromatic rings. The number of halogens is 2. The number of amides is 1. The molecule has 0 unspecified atom stereocenters. The van der Waals surface area contributed by atoms with Crippen molar-refractivity contribution in [1.29, 1.82) is 0 Å². The molecular weight excluding hydrogens is 315 g/mol. The van der Waals surface area contributed by atoms with Gasteiger partial charge >= 0.3 is 5.97 Å². The first-order valence-corrected chi connectivity index (χ1v) is 7.55. The van der Waals surface area contributed by atoms with E-state index in [9.17, 15) is 9.59 Å². The topological polar surface area (TPSA) is 59.5 Å². The Morgan fingerprint density at radius 1 is 1.48 bits per heavy atom. The van der Waals surface area contributed by atoms with E-state index >= 15 is 0 Å². The molecule has 0 radical (unpaired) electrons. The Morgan fingerprint density at radius 2 is 2.24 bits per heavy atom. The number of carbonyl (C=O) groups excluding carboxylic acids is 2. The molecule has 1 amide bonds. The number of esters is 1. The Balaban J connectivity index is 2.12. The molecule has 2 rings (SSSR count). The summed E-state index contributed by atoms with van der Waals surface area (Å²) in [7, 11) is 0. The summed E-state index contributed by atoms with van der Waals surface area (Å²) in [6, 6.07) is 1.44. The van der Waals surface area contributed by atoms with Gasteiger partial charge in [0.2, 0.25) is 0 Å². The molecule has 1 aromatic heterocycles. The number of piperidine rings is 1. The lowest BCUT2D eigenvalue weighted by atomic mass is 9.97. The van der Waals surface area contributed by atoms with Crippen LogP contribution < -0.4 is 0 Å². The van der Waals surface area contributed by atoms with E-state index in [0.29, 0.717) is 25.3 Å². The van der Waals surface area contributed by atoms with Crippen LogP contribution in [0, 0.1) is 5.92 Å². The summed E-state index contributed by atoms with van der Waals surface area (Å²) in [5.74, 6) is -0.772. The van der Waals surface area contributed by atoms with E-state index in [2.05, 4.69) is 4.98 Å². The molecule has 21 heavy (non-hydrogen) atoms. The molecule has 1 aliphatic heterocycles. The van der Waals surface area contributed by atoms with E-state index in [0.717, 1.165) is 12.8 Å². The zero-order valence-electron chi connectivity index (χ0n) is 11.6. The second kappa shape index (κ2) is 7.09. The fourth-order valence-corrected chi connectivity index (χ4v) is 2.70. The minimum atomic E-state index is -0.279. The SMILES string of the molecule is CCOC(=O)[C@@H]1CCCN(C(=O)c2cc(Cl)ncc2Cl)C1. The maximum atomic E-state index is 12.5. The van der Waals surface area contributed by atoms with E-state index in [-0.39, 0.29) is 28.0 Å². The highest BCUT2D eigenvalue weighted by molar-refractivity contribution is 6.35. The quantitative estimate of drug-likeness (QED) is 0.631. The van der Waals surface area contributed by atoms with Gasteiger partial charge in [0.1, 0.15) is 5.15 Å². The number of hydrogen-bond donors (Lipinski definition) is 0. The predicted molar refractivity (Wildman–Crippen MR) is 79.5 cm³/mol. The highest BCUT2D eigenvalue weighted by atomic mass is 35.5. The molecular formula is C14H16Cl2N2O3. The number of aromatic nitrogens is 1. The van der Waals surface area contributed by atoms with Crippen LogP contribution in [0.25, 0.3) is 0 Å². The van der Waals surface area contributed by atoms with Crippen LogP contribution >= 0.6 is 23.2 Å². The van der Waals surface area contributed by atoms with E-state index < -0.39 is 0 Å². The third-order valence-electron chi connectivity index (χ3n) is 3.38. The van der Waals surface area contributed by atoms with Crippen molar-refractivity contribution >= 4 is 35.1 Å². The number of hydrogen-bond acceptors (Lipinski definition) is 4. The summed E-state index contributed by atoms with van der Waals surface area (Å²) in [5.41, 5.74) is 0.307. The van der Waals surface area contributed by atoms with Crippen LogP contribution in [0.5, 0.6) is 0 Å². The first-order chi connectivity index (χ1) is 10.0. The standard InChI is InChI=1S/C14H16Cl2N2O3/c1-2-21-14(20)9-4-3-5-18(8-9)13(19)10-6-12(16)17-7-11(10)15/h6-7,9H,2-5,8H2,1H3/t9-/m1/s1. The zero-order chi connectivity index (χ0) is 15.4. The Kier molecular flexibility index (Phi) is 5.42. The molecule has 5 nitrogen and oxygen atoms in total. The fourth-order valence-electron chi connectivity index (χ4n) is 2.36. The molecule has 1 atom stereocenters. The van der Waals surface area contributed by atoms with E-state index in [4.69, 9.17) is 27.9 Å². The van der Waals surface area contributed by atoms with Gasteiger partial charge in [0.15, 0.2) is 0 Å². The van der Waals surface area contributed by atoms with Gasteiger partial charge in [-0.25, -0.2) is 4.98 Å². The van der Waals surface area contributed by atoms with Crippen molar-refractivity contribution in [2.75, 3.05) is 19.7 Å². The predicted octanol–water partition coefficient (Wildman–Crippen LogP) is 2.80. The molecule has 0 bridgehead atoms. The second-order valence-electron chi connectivity index (χ2n) is 4.83. The third-order valence-corrected chi connectivity index (χ3v) is 3.89. The van der Waals surface area contributed by atoms with Gasteiger partial charge in [-0.2, -0.15) is 0 Å². The summed E-state index contributed by atoms with van der Waals surface area (Å²) >= 11 is 11.8. The lowest BCUT2D eigenvalue weighted by Gasteiger charge is -2.31. The van der Waals surface area contributed by atoms with Gasteiger partial charge in [0, 0.05) is 19.3 Å². The van der Waals surface area contributed by atoms with Gasteiger partial charge in [-0.05, 0) is 25.8 Å². The molecule has 1 saturated heterocycles. The summed E-state index contributed by atoms with van der Waals surface area (Å²) in [6.45, 7) is 3.04. The number of pyridine rings is 1. The average molecular weight is 331 g/mol. The van der Waals surface area contributed by atoms with E-state index in [1.807, 2.05) is 0 Å².